The van der Waals surface area contributed by atoms with Gasteiger partial charge in [-0.3, -0.25) is 0 Å². The predicted molar refractivity (Wildman–Crippen MR) is 67.5 cm³/mol. The number of rotatable bonds is 2. The summed E-state index contributed by atoms with van der Waals surface area (Å²) in [4.78, 5) is 2.78. The first-order valence-corrected chi connectivity index (χ1v) is 7.18. The van der Waals surface area contributed by atoms with E-state index in [4.69, 9.17) is 0 Å². The molecule has 2 atom stereocenters. The number of likely N-dealkylation sites (tertiary alicyclic amines) is 1. The van der Waals surface area contributed by atoms with E-state index in [1.807, 2.05) is 0 Å². The van der Waals surface area contributed by atoms with E-state index in [2.05, 4.69) is 17.1 Å². The lowest BCUT2D eigenvalue weighted by molar-refractivity contribution is 0.140. The summed E-state index contributed by atoms with van der Waals surface area (Å²) in [5.41, 5.74) is 0.601. The Hall–Kier alpha value is -0.0800. The van der Waals surface area contributed by atoms with E-state index >= 15 is 0 Å². The highest BCUT2D eigenvalue weighted by Gasteiger charge is 2.38. The Bertz CT molecular complexity index is 233. The zero-order valence-electron chi connectivity index (χ0n) is 10.7. The summed E-state index contributed by atoms with van der Waals surface area (Å²) in [5.74, 6) is 2.12. The second-order valence-corrected chi connectivity index (χ2v) is 6.71. The zero-order valence-corrected chi connectivity index (χ0v) is 10.7. The predicted octanol–water partition coefficient (Wildman–Crippen LogP) is 2.11. The molecule has 0 aromatic heterocycles. The summed E-state index contributed by atoms with van der Waals surface area (Å²) in [6, 6.07) is 0. The van der Waals surface area contributed by atoms with Gasteiger partial charge >= 0.3 is 0 Å². The van der Waals surface area contributed by atoms with E-state index in [0.717, 1.165) is 11.8 Å². The van der Waals surface area contributed by atoms with Gasteiger partial charge in [0.25, 0.3) is 0 Å². The Kier molecular flexibility index (Phi) is 2.97. The molecule has 1 aliphatic carbocycles. The topological polar surface area (TPSA) is 15.3 Å². The van der Waals surface area contributed by atoms with E-state index in [0.29, 0.717) is 5.41 Å². The molecule has 1 N–H and O–H groups in total. The van der Waals surface area contributed by atoms with Crippen molar-refractivity contribution in [2.45, 2.75) is 39.0 Å². The molecular weight excluding hydrogens is 196 g/mol. The summed E-state index contributed by atoms with van der Waals surface area (Å²) in [5, 5.41) is 3.49. The molecule has 1 saturated carbocycles. The van der Waals surface area contributed by atoms with Crippen molar-refractivity contribution < 1.29 is 0 Å². The number of piperidine rings is 1. The Morgan fingerprint density at radius 2 is 1.75 bits per heavy atom. The Morgan fingerprint density at radius 3 is 2.38 bits per heavy atom. The molecule has 16 heavy (non-hydrogen) atoms. The third-order valence-electron chi connectivity index (χ3n) is 5.22. The van der Waals surface area contributed by atoms with Crippen molar-refractivity contribution >= 4 is 0 Å². The molecule has 0 amide bonds. The van der Waals surface area contributed by atoms with Crippen LogP contribution in [0.1, 0.15) is 39.0 Å². The van der Waals surface area contributed by atoms with Crippen LogP contribution in [0.5, 0.6) is 0 Å². The van der Waals surface area contributed by atoms with Crippen molar-refractivity contribution in [2.24, 2.45) is 17.3 Å². The fourth-order valence-electron chi connectivity index (χ4n) is 4.19. The van der Waals surface area contributed by atoms with Gasteiger partial charge in [-0.15, -0.1) is 0 Å². The van der Waals surface area contributed by atoms with Crippen molar-refractivity contribution in [1.29, 1.82) is 0 Å². The van der Waals surface area contributed by atoms with Gasteiger partial charge < -0.3 is 10.2 Å². The van der Waals surface area contributed by atoms with Crippen LogP contribution in [0.3, 0.4) is 0 Å². The molecule has 0 bridgehead atoms. The number of hydrogen-bond acceptors (Lipinski definition) is 2. The second-order valence-electron chi connectivity index (χ2n) is 6.71. The summed E-state index contributed by atoms with van der Waals surface area (Å²) in [6.07, 6.45) is 7.28. The molecule has 3 fully saturated rings. The molecule has 0 aromatic carbocycles. The van der Waals surface area contributed by atoms with Gasteiger partial charge in [0.1, 0.15) is 0 Å². The SMILES string of the molecule is CC1(CN2CC3CCCC3C2)CCNCC1. The third kappa shape index (κ3) is 2.14. The average Bonchev–Trinajstić information content (AvgIpc) is 2.78. The molecule has 2 aliphatic heterocycles. The summed E-state index contributed by atoms with van der Waals surface area (Å²) >= 11 is 0. The Labute approximate surface area is 99.8 Å². The molecule has 0 radical (unpaired) electrons. The van der Waals surface area contributed by atoms with E-state index in [1.165, 1.54) is 64.8 Å². The van der Waals surface area contributed by atoms with Crippen LogP contribution in [-0.2, 0) is 0 Å². The van der Waals surface area contributed by atoms with Gasteiger partial charge in [0.05, 0.1) is 0 Å². The van der Waals surface area contributed by atoms with Crippen LogP contribution in [0.4, 0.5) is 0 Å². The van der Waals surface area contributed by atoms with Crippen LogP contribution in [0, 0.1) is 17.3 Å². The minimum atomic E-state index is 0.601. The third-order valence-corrected chi connectivity index (χ3v) is 5.22. The van der Waals surface area contributed by atoms with Crippen LogP contribution in [0.2, 0.25) is 0 Å². The maximum atomic E-state index is 3.49. The molecule has 92 valence electrons. The number of nitrogens with zero attached hydrogens (tertiary/aromatic N) is 1. The Morgan fingerprint density at radius 1 is 1.12 bits per heavy atom. The van der Waals surface area contributed by atoms with E-state index in [9.17, 15) is 0 Å². The first-order chi connectivity index (χ1) is 7.75. The van der Waals surface area contributed by atoms with Crippen LogP contribution in [-0.4, -0.2) is 37.6 Å². The fraction of sp³-hybridized carbons (Fsp3) is 1.00. The summed E-state index contributed by atoms with van der Waals surface area (Å²) in [7, 11) is 0. The normalized spacial score (nSPS) is 38.8. The van der Waals surface area contributed by atoms with Crippen molar-refractivity contribution in [2.75, 3.05) is 32.7 Å². The number of fused-ring (bicyclic) bond motifs is 1. The zero-order chi connectivity index (χ0) is 11.0. The minimum absolute atomic E-state index is 0.601. The van der Waals surface area contributed by atoms with Crippen LogP contribution >= 0.6 is 0 Å². The fourth-order valence-corrected chi connectivity index (χ4v) is 4.19. The molecule has 3 rings (SSSR count). The lowest BCUT2D eigenvalue weighted by atomic mass is 9.80. The lowest BCUT2D eigenvalue weighted by Crippen LogP contribution is -2.42. The van der Waals surface area contributed by atoms with Crippen LogP contribution in [0.25, 0.3) is 0 Å². The monoisotopic (exact) mass is 222 g/mol. The maximum Gasteiger partial charge on any atom is 0.00365 e. The van der Waals surface area contributed by atoms with Crippen molar-refractivity contribution in [3.8, 4) is 0 Å². The van der Waals surface area contributed by atoms with Gasteiger partial charge in [-0.1, -0.05) is 13.3 Å². The molecule has 2 nitrogen and oxygen atoms in total. The average molecular weight is 222 g/mol. The van der Waals surface area contributed by atoms with Crippen LogP contribution in [0.15, 0.2) is 0 Å². The van der Waals surface area contributed by atoms with E-state index in [1.54, 1.807) is 0 Å². The molecule has 0 aromatic rings. The van der Waals surface area contributed by atoms with Gasteiger partial charge in [0.2, 0.25) is 0 Å². The molecule has 2 heteroatoms. The van der Waals surface area contributed by atoms with E-state index < -0.39 is 0 Å². The van der Waals surface area contributed by atoms with Crippen molar-refractivity contribution in [3.05, 3.63) is 0 Å². The maximum absolute atomic E-state index is 3.49. The van der Waals surface area contributed by atoms with Crippen molar-refractivity contribution in [3.63, 3.8) is 0 Å². The highest BCUT2D eigenvalue weighted by Crippen LogP contribution is 2.39. The number of nitrogens with one attached hydrogen (secondary N) is 1. The molecule has 2 heterocycles. The highest BCUT2D eigenvalue weighted by molar-refractivity contribution is 4.92. The minimum Gasteiger partial charge on any atom is -0.317 e. The summed E-state index contributed by atoms with van der Waals surface area (Å²) in [6.45, 7) is 9.15. The largest absolute Gasteiger partial charge is 0.317 e. The molecule has 0 spiro atoms. The second kappa shape index (κ2) is 4.30. The smallest absolute Gasteiger partial charge is 0.00365 e. The highest BCUT2D eigenvalue weighted by atomic mass is 15.2. The molecule has 2 saturated heterocycles. The molecule has 2 unspecified atom stereocenters. The van der Waals surface area contributed by atoms with Crippen LogP contribution < -0.4 is 5.32 Å². The summed E-state index contributed by atoms with van der Waals surface area (Å²) < 4.78 is 0. The first kappa shape index (κ1) is 11.0. The quantitative estimate of drug-likeness (QED) is 0.770. The van der Waals surface area contributed by atoms with Gasteiger partial charge in [-0.25, -0.2) is 0 Å². The van der Waals surface area contributed by atoms with Crippen molar-refractivity contribution in [1.82, 2.24) is 10.2 Å². The van der Waals surface area contributed by atoms with Gasteiger partial charge in [0, 0.05) is 19.6 Å². The lowest BCUT2D eigenvalue weighted by Gasteiger charge is -2.37. The standard InChI is InChI=1S/C14H26N2/c1-14(5-7-15-8-6-14)11-16-9-12-3-2-4-13(12)10-16/h12-13,15H,2-11H2,1H3. The first-order valence-electron chi connectivity index (χ1n) is 7.18. The molecule has 3 aliphatic rings. The van der Waals surface area contributed by atoms with E-state index in [-0.39, 0.29) is 0 Å². The van der Waals surface area contributed by atoms with Gasteiger partial charge in [0.15, 0.2) is 0 Å². The number of hydrogen-bond donors (Lipinski definition) is 1. The molecular formula is C14H26N2. The Balaban J connectivity index is 1.55. The van der Waals surface area contributed by atoms with Gasteiger partial charge in [-0.2, -0.15) is 0 Å². The van der Waals surface area contributed by atoms with Gasteiger partial charge in [-0.05, 0) is 56.0 Å².